The minimum absolute atomic E-state index is 0.203. The number of benzene rings is 1. The van der Waals surface area contributed by atoms with Crippen LogP contribution >= 0.6 is 11.3 Å². The third-order valence-corrected chi connectivity index (χ3v) is 3.62. The molecular weight excluding hydrogens is 274 g/mol. The first-order valence-corrected chi connectivity index (χ1v) is 6.71. The van der Waals surface area contributed by atoms with E-state index in [-0.39, 0.29) is 17.4 Å². The van der Waals surface area contributed by atoms with Crippen LogP contribution in [0.3, 0.4) is 0 Å². The predicted molar refractivity (Wildman–Crippen MR) is 78.8 cm³/mol. The lowest BCUT2D eigenvalue weighted by Gasteiger charge is -1.99. The summed E-state index contributed by atoms with van der Waals surface area (Å²) in [6.45, 7) is 2.02. The van der Waals surface area contributed by atoms with E-state index in [2.05, 4.69) is 20.5 Å². The number of rotatable bonds is 2. The van der Waals surface area contributed by atoms with E-state index in [4.69, 9.17) is 5.73 Å². The lowest BCUT2D eigenvalue weighted by Crippen LogP contribution is -2.14. The number of amides is 1. The number of aryl methyl sites for hydroxylation is 1. The summed E-state index contributed by atoms with van der Waals surface area (Å²) in [6, 6.07) is 9.00. The smallest absolute Gasteiger partial charge is 0.277 e. The largest absolute Gasteiger partial charge is 0.382 e. The van der Waals surface area contributed by atoms with Gasteiger partial charge in [-0.3, -0.25) is 10.1 Å². The van der Waals surface area contributed by atoms with Gasteiger partial charge in [0.05, 0.1) is 10.2 Å². The fourth-order valence-electron chi connectivity index (χ4n) is 1.71. The molecule has 20 heavy (non-hydrogen) atoms. The van der Waals surface area contributed by atoms with Gasteiger partial charge in [0.2, 0.25) is 0 Å². The Morgan fingerprint density at radius 1 is 1.25 bits per heavy atom. The number of aromatic nitrogens is 3. The van der Waals surface area contributed by atoms with Crippen LogP contribution in [0.5, 0.6) is 0 Å². The van der Waals surface area contributed by atoms with Crippen molar-refractivity contribution in [2.75, 3.05) is 11.1 Å². The van der Waals surface area contributed by atoms with Crippen LogP contribution in [0.25, 0.3) is 10.2 Å². The van der Waals surface area contributed by atoms with E-state index >= 15 is 0 Å². The van der Waals surface area contributed by atoms with Crippen LogP contribution in [0.15, 0.2) is 30.3 Å². The van der Waals surface area contributed by atoms with E-state index in [1.165, 1.54) is 23.5 Å². The van der Waals surface area contributed by atoms with Gasteiger partial charge in [-0.05, 0) is 36.8 Å². The van der Waals surface area contributed by atoms with Gasteiger partial charge in [0, 0.05) is 0 Å². The summed E-state index contributed by atoms with van der Waals surface area (Å²) in [5.74, 6) is -0.0784. The zero-order valence-corrected chi connectivity index (χ0v) is 11.4. The summed E-state index contributed by atoms with van der Waals surface area (Å²) in [4.78, 5) is 16.3. The Morgan fingerprint density at radius 3 is 2.85 bits per heavy atom. The Kier molecular flexibility index (Phi) is 3.03. The number of fused-ring (bicyclic) bond motifs is 1. The van der Waals surface area contributed by atoms with E-state index < -0.39 is 0 Å². The van der Waals surface area contributed by atoms with Crippen molar-refractivity contribution in [3.05, 3.63) is 41.6 Å². The Balaban J connectivity index is 1.85. The monoisotopic (exact) mass is 285 g/mol. The van der Waals surface area contributed by atoms with Gasteiger partial charge in [0.25, 0.3) is 5.91 Å². The molecule has 3 aromatic rings. The zero-order chi connectivity index (χ0) is 14.1. The van der Waals surface area contributed by atoms with Crippen LogP contribution in [0, 0.1) is 6.92 Å². The number of anilines is 2. The summed E-state index contributed by atoms with van der Waals surface area (Å²) >= 11 is 1.42. The first-order chi connectivity index (χ1) is 9.61. The molecular formula is C13H11N5OS. The predicted octanol–water partition coefficient (Wildman–Crippen LogP) is 2.23. The molecule has 1 aromatic carbocycles. The molecule has 0 fully saturated rings. The molecule has 2 aromatic heterocycles. The van der Waals surface area contributed by atoms with Gasteiger partial charge in [-0.2, -0.15) is 0 Å². The maximum Gasteiger partial charge on any atom is 0.277 e. The van der Waals surface area contributed by atoms with Gasteiger partial charge in [-0.25, -0.2) is 4.98 Å². The summed E-state index contributed by atoms with van der Waals surface area (Å²) in [5.41, 5.74) is 7.65. The highest BCUT2D eigenvalue weighted by Crippen LogP contribution is 2.26. The number of nitrogens with two attached hydrogens (primary N) is 1. The molecule has 0 aliphatic rings. The lowest BCUT2D eigenvalue weighted by molar-refractivity contribution is 0.102. The molecule has 0 unspecified atom stereocenters. The van der Waals surface area contributed by atoms with E-state index in [0.717, 1.165) is 15.8 Å². The third kappa shape index (κ3) is 2.43. The summed E-state index contributed by atoms with van der Waals surface area (Å²) < 4.78 is 1.03. The van der Waals surface area contributed by atoms with Crippen molar-refractivity contribution in [3.63, 3.8) is 0 Å². The van der Waals surface area contributed by atoms with E-state index in [1.807, 2.05) is 25.1 Å². The Morgan fingerprint density at radius 2 is 2.10 bits per heavy atom. The van der Waals surface area contributed by atoms with Crippen molar-refractivity contribution < 1.29 is 4.79 Å². The van der Waals surface area contributed by atoms with E-state index in [9.17, 15) is 4.79 Å². The maximum atomic E-state index is 12.0. The summed E-state index contributed by atoms with van der Waals surface area (Å²) in [6.07, 6.45) is 0. The molecule has 100 valence electrons. The van der Waals surface area contributed by atoms with Gasteiger partial charge >= 0.3 is 0 Å². The van der Waals surface area contributed by atoms with Crippen molar-refractivity contribution in [1.82, 2.24) is 15.2 Å². The average molecular weight is 285 g/mol. The fraction of sp³-hybridized carbons (Fsp3) is 0.0769. The molecule has 7 heteroatoms. The molecule has 0 saturated heterocycles. The minimum Gasteiger partial charge on any atom is -0.382 e. The van der Waals surface area contributed by atoms with Crippen molar-refractivity contribution in [3.8, 4) is 0 Å². The number of carbonyl (C=O) groups is 1. The fourth-order valence-corrected chi connectivity index (χ4v) is 2.67. The van der Waals surface area contributed by atoms with Crippen LogP contribution in [-0.2, 0) is 0 Å². The Labute approximate surface area is 118 Å². The van der Waals surface area contributed by atoms with Gasteiger partial charge < -0.3 is 5.73 Å². The molecule has 2 heterocycles. The molecule has 0 aliphatic carbocycles. The number of thiazole rings is 1. The second-order valence-corrected chi connectivity index (χ2v) is 5.32. The number of nitrogen functional groups attached to an aromatic ring is 1. The summed E-state index contributed by atoms with van der Waals surface area (Å²) in [7, 11) is 0. The molecule has 0 saturated carbocycles. The number of carbonyl (C=O) groups excluding carboxylic acids is 1. The topological polar surface area (TPSA) is 93.8 Å². The molecule has 6 nitrogen and oxygen atoms in total. The Hall–Kier alpha value is -2.54. The lowest BCUT2D eigenvalue weighted by atomic mass is 10.2. The average Bonchev–Trinajstić information content (AvgIpc) is 2.80. The second-order valence-electron chi connectivity index (χ2n) is 4.29. The maximum absolute atomic E-state index is 12.0. The standard InChI is InChI=1S/C13H11N5OS/c1-7-2-3-8-10(6-7)20-13(15-8)16-12(19)9-4-5-11(14)18-17-9/h2-6H,1H3,(H2,14,18)(H,15,16,19). The number of hydrogen-bond donors (Lipinski definition) is 2. The zero-order valence-electron chi connectivity index (χ0n) is 10.6. The highest BCUT2D eigenvalue weighted by Gasteiger charge is 2.11. The van der Waals surface area contributed by atoms with Gasteiger partial charge in [0.15, 0.2) is 10.8 Å². The molecule has 1 amide bonds. The SMILES string of the molecule is Cc1ccc2nc(NC(=O)c3ccc(N)nn3)sc2c1. The minimum atomic E-state index is -0.353. The van der Waals surface area contributed by atoms with Crippen LogP contribution in [0.4, 0.5) is 10.9 Å². The number of nitrogens with zero attached hydrogens (tertiary/aromatic N) is 3. The molecule has 3 rings (SSSR count). The summed E-state index contributed by atoms with van der Waals surface area (Å²) in [5, 5.41) is 10.6. The van der Waals surface area contributed by atoms with Gasteiger partial charge in [0.1, 0.15) is 5.82 Å². The van der Waals surface area contributed by atoms with Crippen molar-refractivity contribution in [1.29, 1.82) is 0 Å². The first-order valence-electron chi connectivity index (χ1n) is 5.89. The van der Waals surface area contributed by atoms with Crippen molar-refractivity contribution in [2.24, 2.45) is 0 Å². The Bertz CT molecular complexity index is 781. The van der Waals surface area contributed by atoms with Gasteiger partial charge in [-0.1, -0.05) is 17.4 Å². The first kappa shape index (κ1) is 12.5. The van der Waals surface area contributed by atoms with E-state index in [0.29, 0.717) is 5.13 Å². The number of hydrogen-bond acceptors (Lipinski definition) is 6. The highest BCUT2D eigenvalue weighted by atomic mass is 32.1. The molecule has 0 bridgehead atoms. The highest BCUT2D eigenvalue weighted by molar-refractivity contribution is 7.22. The van der Waals surface area contributed by atoms with Crippen molar-refractivity contribution in [2.45, 2.75) is 6.92 Å². The normalized spacial score (nSPS) is 10.7. The third-order valence-electron chi connectivity index (χ3n) is 2.68. The quantitative estimate of drug-likeness (QED) is 0.753. The van der Waals surface area contributed by atoms with E-state index in [1.54, 1.807) is 0 Å². The molecule has 3 N–H and O–H groups in total. The van der Waals surface area contributed by atoms with Gasteiger partial charge in [-0.15, -0.1) is 10.2 Å². The van der Waals surface area contributed by atoms with Crippen LogP contribution in [-0.4, -0.2) is 21.1 Å². The molecule has 0 atom stereocenters. The molecule has 0 radical (unpaired) electrons. The van der Waals surface area contributed by atoms with Crippen LogP contribution in [0.1, 0.15) is 16.1 Å². The van der Waals surface area contributed by atoms with Crippen LogP contribution < -0.4 is 11.1 Å². The van der Waals surface area contributed by atoms with Crippen molar-refractivity contribution >= 4 is 38.4 Å². The van der Waals surface area contributed by atoms with Crippen LogP contribution in [0.2, 0.25) is 0 Å². The molecule has 0 spiro atoms. The molecule has 0 aliphatic heterocycles. The second kappa shape index (κ2) is 4.86. The number of nitrogens with one attached hydrogen (secondary N) is 1.